The van der Waals surface area contributed by atoms with E-state index in [2.05, 4.69) is 10.2 Å². The fourth-order valence-corrected chi connectivity index (χ4v) is 1.61. The zero-order valence-electron chi connectivity index (χ0n) is 9.36. The highest BCUT2D eigenvalue weighted by atomic mass is 19.1. The van der Waals surface area contributed by atoms with Crippen LogP contribution in [0.3, 0.4) is 0 Å². The first kappa shape index (κ1) is 10.7. The highest BCUT2D eigenvalue weighted by Crippen LogP contribution is 2.32. The largest absolute Gasteiger partial charge is 0.279 e. The van der Waals surface area contributed by atoms with Crippen molar-refractivity contribution in [1.29, 1.82) is 0 Å². The maximum atomic E-state index is 13.5. The minimum Gasteiger partial charge on any atom is -0.279 e. The molecule has 0 aliphatic carbocycles. The number of hydrogen-bond acceptors (Lipinski definition) is 3. The van der Waals surface area contributed by atoms with Crippen LogP contribution in [0.15, 0.2) is 23.5 Å². The Morgan fingerprint density at radius 3 is 2.69 bits per heavy atom. The summed E-state index contributed by atoms with van der Waals surface area (Å²) >= 11 is 0. The van der Waals surface area contributed by atoms with Crippen molar-refractivity contribution in [2.24, 2.45) is 5.18 Å². The van der Waals surface area contributed by atoms with Gasteiger partial charge < -0.3 is 0 Å². The molecule has 0 bridgehead atoms. The van der Waals surface area contributed by atoms with Gasteiger partial charge in [-0.3, -0.25) is 4.40 Å². The quantitative estimate of drug-likeness (QED) is 0.694. The highest BCUT2D eigenvalue weighted by Gasteiger charge is 2.25. The molecule has 0 spiro atoms. The Labute approximate surface area is 92.1 Å². The summed E-state index contributed by atoms with van der Waals surface area (Å²) in [6, 6.07) is 2.83. The van der Waals surface area contributed by atoms with E-state index in [1.54, 1.807) is 6.20 Å². The van der Waals surface area contributed by atoms with Crippen molar-refractivity contribution in [3.8, 4) is 0 Å². The van der Waals surface area contributed by atoms with Crippen LogP contribution in [0, 0.1) is 10.7 Å². The maximum absolute atomic E-state index is 13.5. The van der Waals surface area contributed by atoms with Crippen molar-refractivity contribution in [1.82, 2.24) is 9.38 Å². The molecule has 0 radical (unpaired) electrons. The number of nitrogens with zero attached hydrogens (tertiary/aromatic N) is 3. The lowest BCUT2D eigenvalue weighted by Gasteiger charge is -2.14. The molecule has 84 valence electrons. The third-order valence-electron chi connectivity index (χ3n) is 2.37. The molecule has 0 aliphatic heterocycles. The van der Waals surface area contributed by atoms with Crippen LogP contribution < -0.4 is 0 Å². The molecule has 2 heterocycles. The molecule has 0 aromatic carbocycles. The second kappa shape index (κ2) is 3.37. The van der Waals surface area contributed by atoms with Crippen molar-refractivity contribution in [3.05, 3.63) is 34.7 Å². The number of aromatic nitrogens is 2. The number of pyridine rings is 1. The third kappa shape index (κ3) is 1.48. The summed E-state index contributed by atoms with van der Waals surface area (Å²) in [5.74, 6) is -0.287. The molecule has 0 N–H and O–H groups in total. The molecule has 16 heavy (non-hydrogen) atoms. The lowest BCUT2D eigenvalue weighted by Crippen LogP contribution is -2.11. The van der Waals surface area contributed by atoms with Gasteiger partial charge in [-0.2, -0.15) is 0 Å². The van der Waals surface area contributed by atoms with Crippen molar-refractivity contribution in [2.75, 3.05) is 0 Å². The summed E-state index contributed by atoms with van der Waals surface area (Å²) in [4.78, 5) is 15.0. The monoisotopic (exact) mass is 221 g/mol. The normalized spacial score (nSPS) is 12.0. The van der Waals surface area contributed by atoms with Crippen LogP contribution in [0.5, 0.6) is 0 Å². The van der Waals surface area contributed by atoms with E-state index in [0.717, 1.165) is 0 Å². The van der Waals surface area contributed by atoms with Crippen LogP contribution >= 0.6 is 0 Å². The molecular weight excluding hydrogens is 209 g/mol. The van der Waals surface area contributed by atoms with Crippen LogP contribution in [-0.4, -0.2) is 9.38 Å². The van der Waals surface area contributed by atoms with Gasteiger partial charge in [0.15, 0.2) is 11.5 Å². The van der Waals surface area contributed by atoms with Crippen LogP contribution in [0.4, 0.5) is 10.2 Å². The first-order valence-electron chi connectivity index (χ1n) is 4.95. The van der Waals surface area contributed by atoms with E-state index in [9.17, 15) is 9.30 Å². The Kier molecular flexibility index (Phi) is 2.26. The van der Waals surface area contributed by atoms with Crippen LogP contribution in [0.25, 0.3) is 5.65 Å². The van der Waals surface area contributed by atoms with E-state index >= 15 is 0 Å². The molecule has 0 unspecified atom stereocenters. The molecule has 5 heteroatoms. The summed E-state index contributed by atoms with van der Waals surface area (Å²) < 4.78 is 14.9. The van der Waals surface area contributed by atoms with Gasteiger partial charge in [0, 0.05) is 11.6 Å². The van der Waals surface area contributed by atoms with Crippen molar-refractivity contribution in [3.63, 3.8) is 0 Å². The van der Waals surface area contributed by atoms with Gasteiger partial charge in [0.25, 0.3) is 0 Å². The smallest absolute Gasteiger partial charge is 0.205 e. The first-order valence-corrected chi connectivity index (χ1v) is 4.95. The minimum atomic E-state index is -0.456. The van der Waals surface area contributed by atoms with Crippen LogP contribution in [0.1, 0.15) is 26.5 Å². The molecule has 2 aromatic heterocycles. The van der Waals surface area contributed by atoms with Gasteiger partial charge in [-0.05, 0) is 17.3 Å². The van der Waals surface area contributed by atoms with Gasteiger partial charge in [-0.1, -0.05) is 20.8 Å². The third-order valence-corrected chi connectivity index (χ3v) is 2.37. The van der Waals surface area contributed by atoms with Gasteiger partial charge in [-0.25, -0.2) is 9.37 Å². The van der Waals surface area contributed by atoms with Gasteiger partial charge in [0.05, 0.1) is 5.69 Å². The van der Waals surface area contributed by atoms with E-state index in [-0.39, 0.29) is 16.9 Å². The summed E-state index contributed by atoms with van der Waals surface area (Å²) in [6.45, 7) is 5.71. The predicted molar refractivity (Wildman–Crippen MR) is 59.3 cm³/mol. The number of halogens is 1. The maximum Gasteiger partial charge on any atom is 0.205 e. The molecule has 0 atom stereocenters. The Bertz CT molecular complexity index is 554. The lowest BCUT2D eigenvalue weighted by atomic mass is 9.92. The zero-order chi connectivity index (χ0) is 11.9. The number of nitroso groups, excluding NO2 is 1. The number of imidazole rings is 1. The van der Waals surface area contributed by atoms with Crippen molar-refractivity contribution >= 4 is 11.5 Å². The van der Waals surface area contributed by atoms with E-state index in [0.29, 0.717) is 5.69 Å². The Hall–Kier alpha value is -1.78. The molecule has 4 nitrogen and oxygen atoms in total. The SMILES string of the molecule is CC(C)(C)c1nc2c(F)cccn2c1N=O. The van der Waals surface area contributed by atoms with Crippen molar-refractivity contribution in [2.45, 2.75) is 26.2 Å². The fraction of sp³-hybridized carbons (Fsp3) is 0.364. The van der Waals surface area contributed by atoms with Gasteiger partial charge >= 0.3 is 0 Å². The average Bonchev–Trinajstić information content (AvgIpc) is 2.57. The summed E-state index contributed by atoms with van der Waals surface area (Å²) in [7, 11) is 0. The van der Waals surface area contributed by atoms with Gasteiger partial charge in [0.1, 0.15) is 0 Å². The minimum absolute atomic E-state index is 0.141. The second-order valence-corrected chi connectivity index (χ2v) is 4.68. The van der Waals surface area contributed by atoms with E-state index < -0.39 is 5.82 Å². The average molecular weight is 221 g/mol. The molecule has 2 rings (SSSR count). The van der Waals surface area contributed by atoms with Crippen LogP contribution in [-0.2, 0) is 5.41 Å². The highest BCUT2D eigenvalue weighted by molar-refractivity contribution is 5.54. The Balaban J connectivity index is 2.87. The standard InChI is InChI=1S/C11H12FN3O/c1-11(2,3)8-10(14-16)15-6-4-5-7(12)9(15)13-8/h4-6H,1-3H3. The van der Waals surface area contributed by atoms with E-state index in [4.69, 9.17) is 0 Å². The second-order valence-electron chi connectivity index (χ2n) is 4.68. The molecule has 0 fully saturated rings. The molecule has 0 amide bonds. The van der Waals surface area contributed by atoms with Gasteiger partial charge in [0.2, 0.25) is 5.82 Å². The number of fused-ring (bicyclic) bond motifs is 1. The number of rotatable bonds is 1. The summed E-state index contributed by atoms with van der Waals surface area (Å²) in [5.41, 5.74) is 0.302. The predicted octanol–water partition coefficient (Wildman–Crippen LogP) is 3.17. The zero-order valence-corrected chi connectivity index (χ0v) is 9.36. The molecule has 0 aliphatic rings. The molecular formula is C11H12FN3O. The van der Waals surface area contributed by atoms with Crippen molar-refractivity contribution < 1.29 is 4.39 Å². The van der Waals surface area contributed by atoms with E-state index in [1.807, 2.05) is 20.8 Å². The Morgan fingerprint density at radius 2 is 2.12 bits per heavy atom. The Morgan fingerprint density at radius 1 is 1.44 bits per heavy atom. The topological polar surface area (TPSA) is 46.7 Å². The summed E-state index contributed by atoms with van der Waals surface area (Å²) in [6.07, 6.45) is 1.58. The summed E-state index contributed by atoms with van der Waals surface area (Å²) in [5, 5.41) is 2.95. The van der Waals surface area contributed by atoms with E-state index in [1.165, 1.54) is 16.5 Å². The molecule has 2 aromatic rings. The molecule has 0 saturated carbocycles. The van der Waals surface area contributed by atoms with Gasteiger partial charge in [-0.15, -0.1) is 4.91 Å². The fourth-order valence-electron chi connectivity index (χ4n) is 1.61. The van der Waals surface area contributed by atoms with Crippen LogP contribution in [0.2, 0.25) is 0 Å². The number of hydrogen-bond donors (Lipinski definition) is 0. The molecule has 0 saturated heterocycles. The lowest BCUT2D eigenvalue weighted by molar-refractivity contribution is 0.573. The first-order chi connectivity index (χ1) is 7.45.